The van der Waals surface area contributed by atoms with Gasteiger partial charge in [-0.3, -0.25) is 14.7 Å². The predicted molar refractivity (Wildman–Crippen MR) is 105 cm³/mol. The van der Waals surface area contributed by atoms with E-state index in [9.17, 15) is 4.79 Å². The molecule has 0 bridgehead atoms. The Morgan fingerprint density at radius 1 is 1.08 bits per heavy atom. The Bertz CT molecular complexity index is 848. The molecule has 0 aromatic carbocycles. The van der Waals surface area contributed by atoms with Crippen LogP contribution in [0.1, 0.15) is 22.5 Å². The van der Waals surface area contributed by atoms with E-state index in [0.29, 0.717) is 5.69 Å². The van der Waals surface area contributed by atoms with Crippen molar-refractivity contribution in [2.24, 2.45) is 0 Å². The Hall–Kier alpha value is -2.09. The van der Waals surface area contributed by atoms with Gasteiger partial charge in [-0.25, -0.2) is 4.98 Å². The van der Waals surface area contributed by atoms with Crippen molar-refractivity contribution in [2.45, 2.75) is 13.0 Å². The van der Waals surface area contributed by atoms with E-state index in [1.165, 1.54) is 16.9 Å². The van der Waals surface area contributed by atoms with Crippen LogP contribution in [-0.4, -0.2) is 51.9 Å². The molecule has 0 radical (unpaired) electrons. The molecule has 0 spiro atoms. The number of hydrogen-bond acceptors (Lipinski definition) is 6. The van der Waals surface area contributed by atoms with Gasteiger partial charge in [0.25, 0.3) is 5.91 Å². The number of carbonyl (C=O) groups excluding carboxylic acids is 1. The van der Waals surface area contributed by atoms with E-state index in [4.69, 9.17) is 0 Å². The number of hydrogen-bond donors (Lipinski definition) is 0. The van der Waals surface area contributed by atoms with E-state index in [1.54, 1.807) is 23.7 Å². The maximum atomic E-state index is 12.9. The Morgan fingerprint density at radius 2 is 1.96 bits per heavy atom. The molecule has 4 heterocycles. The third-order valence-electron chi connectivity index (χ3n) is 4.51. The molecule has 26 heavy (non-hydrogen) atoms. The van der Waals surface area contributed by atoms with Crippen LogP contribution >= 0.6 is 22.7 Å². The predicted octanol–water partition coefficient (Wildman–Crippen LogP) is 3.61. The lowest BCUT2D eigenvalue weighted by molar-refractivity contribution is 0.0756. The Labute approximate surface area is 160 Å². The maximum absolute atomic E-state index is 12.9. The van der Waals surface area contributed by atoms with Gasteiger partial charge < -0.3 is 4.90 Å². The van der Waals surface area contributed by atoms with Crippen LogP contribution < -0.4 is 0 Å². The highest BCUT2D eigenvalue weighted by Crippen LogP contribution is 2.24. The molecule has 0 atom stereocenters. The molecule has 1 saturated heterocycles. The van der Waals surface area contributed by atoms with Crippen molar-refractivity contribution >= 4 is 28.6 Å². The summed E-state index contributed by atoms with van der Waals surface area (Å²) in [5.74, 6) is 0.0407. The van der Waals surface area contributed by atoms with E-state index < -0.39 is 0 Å². The highest BCUT2D eigenvalue weighted by molar-refractivity contribution is 7.13. The lowest BCUT2D eigenvalue weighted by atomic mass is 10.3. The molecular formula is C19H20N4OS2. The van der Waals surface area contributed by atoms with Crippen molar-refractivity contribution in [3.63, 3.8) is 0 Å². The summed E-state index contributed by atoms with van der Waals surface area (Å²) >= 11 is 3.24. The van der Waals surface area contributed by atoms with Gasteiger partial charge in [0, 0.05) is 56.1 Å². The fourth-order valence-corrected chi connectivity index (χ4v) is 4.59. The Balaban J connectivity index is 1.40. The third kappa shape index (κ3) is 4.00. The zero-order chi connectivity index (χ0) is 17.8. The van der Waals surface area contributed by atoms with Crippen LogP contribution in [0.15, 0.2) is 46.7 Å². The minimum absolute atomic E-state index is 0.0407. The first-order valence-corrected chi connectivity index (χ1v) is 10.5. The number of carbonyl (C=O) groups is 1. The molecule has 134 valence electrons. The summed E-state index contributed by atoms with van der Waals surface area (Å²) in [5.41, 5.74) is 2.91. The van der Waals surface area contributed by atoms with E-state index in [1.807, 2.05) is 22.4 Å². The summed E-state index contributed by atoms with van der Waals surface area (Å²) in [7, 11) is 0. The van der Waals surface area contributed by atoms with E-state index >= 15 is 0 Å². The SMILES string of the molecule is O=C(c1csc(-c2ccncc2)n1)N1CCCN(Cc2ccsc2)CC1. The summed E-state index contributed by atoms with van der Waals surface area (Å²) in [4.78, 5) is 25.8. The molecule has 3 aromatic rings. The van der Waals surface area contributed by atoms with Gasteiger partial charge in [0.1, 0.15) is 10.7 Å². The number of thiophene rings is 1. The molecule has 4 rings (SSSR count). The lowest BCUT2D eigenvalue weighted by Crippen LogP contribution is -2.35. The van der Waals surface area contributed by atoms with Crippen LogP contribution in [0.4, 0.5) is 0 Å². The van der Waals surface area contributed by atoms with Crippen LogP contribution in [0, 0.1) is 0 Å². The summed E-state index contributed by atoms with van der Waals surface area (Å²) in [6.07, 6.45) is 4.49. The monoisotopic (exact) mass is 384 g/mol. The minimum Gasteiger partial charge on any atom is -0.336 e. The second kappa shape index (κ2) is 8.07. The zero-order valence-corrected chi connectivity index (χ0v) is 16.0. The van der Waals surface area contributed by atoms with Crippen molar-refractivity contribution < 1.29 is 4.79 Å². The van der Waals surface area contributed by atoms with Gasteiger partial charge in [0.2, 0.25) is 0 Å². The second-order valence-corrected chi connectivity index (χ2v) is 7.97. The van der Waals surface area contributed by atoms with Gasteiger partial charge >= 0.3 is 0 Å². The van der Waals surface area contributed by atoms with E-state index in [0.717, 1.165) is 49.7 Å². The fraction of sp³-hybridized carbons (Fsp3) is 0.316. The quantitative estimate of drug-likeness (QED) is 0.689. The first-order chi connectivity index (χ1) is 12.8. The molecule has 0 N–H and O–H groups in total. The van der Waals surface area contributed by atoms with E-state index in [-0.39, 0.29) is 5.91 Å². The van der Waals surface area contributed by atoms with Crippen molar-refractivity contribution in [3.05, 3.63) is 58.0 Å². The lowest BCUT2D eigenvalue weighted by Gasteiger charge is -2.21. The molecule has 3 aromatic heterocycles. The van der Waals surface area contributed by atoms with Gasteiger partial charge in [-0.1, -0.05) is 0 Å². The van der Waals surface area contributed by atoms with Crippen LogP contribution in [-0.2, 0) is 6.54 Å². The number of pyridine rings is 1. The van der Waals surface area contributed by atoms with Crippen molar-refractivity contribution in [1.29, 1.82) is 0 Å². The van der Waals surface area contributed by atoms with Crippen LogP contribution in [0.2, 0.25) is 0 Å². The van der Waals surface area contributed by atoms with Crippen LogP contribution in [0.3, 0.4) is 0 Å². The topological polar surface area (TPSA) is 49.3 Å². The van der Waals surface area contributed by atoms with Gasteiger partial charge in [-0.15, -0.1) is 11.3 Å². The summed E-state index contributed by atoms with van der Waals surface area (Å²) in [6.45, 7) is 4.45. The number of amides is 1. The first kappa shape index (κ1) is 17.3. The highest BCUT2D eigenvalue weighted by atomic mass is 32.1. The summed E-state index contributed by atoms with van der Waals surface area (Å²) in [6, 6.07) is 6.01. The minimum atomic E-state index is 0.0407. The number of aromatic nitrogens is 2. The molecule has 0 saturated carbocycles. The van der Waals surface area contributed by atoms with Crippen LogP contribution in [0.25, 0.3) is 10.6 Å². The molecule has 1 aliphatic heterocycles. The molecule has 7 heteroatoms. The third-order valence-corrected chi connectivity index (χ3v) is 6.14. The maximum Gasteiger partial charge on any atom is 0.273 e. The number of rotatable bonds is 4. The van der Waals surface area contributed by atoms with Crippen molar-refractivity contribution in [2.75, 3.05) is 26.2 Å². The number of thiazole rings is 1. The number of nitrogens with zero attached hydrogens (tertiary/aromatic N) is 4. The smallest absolute Gasteiger partial charge is 0.273 e. The second-order valence-electron chi connectivity index (χ2n) is 6.33. The first-order valence-electron chi connectivity index (χ1n) is 8.68. The molecule has 1 amide bonds. The molecule has 1 aliphatic rings. The Kier molecular flexibility index (Phi) is 5.38. The van der Waals surface area contributed by atoms with Crippen molar-refractivity contribution in [3.8, 4) is 10.6 Å². The van der Waals surface area contributed by atoms with E-state index in [2.05, 4.69) is 31.7 Å². The standard InChI is InChI=1S/C19H20N4OS2/c24-19(17-14-26-18(21-17)16-2-5-20-6-3-16)23-8-1-7-22(9-10-23)12-15-4-11-25-13-15/h2-6,11,13-14H,1,7-10,12H2. The van der Waals surface area contributed by atoms with Gasteiger partial charge in [0.15, 0.2) is 0 Å². The summed E-state index contributed by atoms with van der Waals surface area (Å²) in [5, 5.41) is 7.05. The fourth-order valence-electron chi connectivity index (χ4n) is 3.13. The zero-order valence-electron chi connectivity index (χ0n) is 14.4. The average molecular weight is 385 g/mol. The molecular weight excluding hydrogens is 364 g/mol. The molecule has 5 nitrogen and oxygen atoms in total. The van der Waals surface area contributed by atoms with Gasteiger partial charge in [-0.05, 0) is 40.9 Å². The average Bonchev–Trinajstić information content (AvgIpc) is 3.31. The molecule has 1 fully saturated rings. The van der Waals surface area contributed by atoms with Crippen LogP contribution in [0.5, 0.6) is 0 Å². The molecule has 0 unspecified atom stereocenters. The molecule has 0 aliphatic carbocycles. The van der Waals surface area contributed by atoms with Crippen molar-refractivity contribution in [1.82, 2.24) is 19.8 Å². The highest BCUT2D eigenvalue weighted by Gasteiger charge is 2.22. The van der Waals surface area contributed by atoms with Gasteiger partial charge in [-0.2, -0.15) is 11.3 Å². The van der Waals surface area contributed by atoms with Gasteiger partial charge in [0.05, 0.1) is 0 Å². The Morgan fingerprint density at radius 3 is 2.77 bits per heavy atom. The summed E-state index contributed by atoms with van der Waals surface area (Å²) < 4.78 is 0. The normalized spacial score (nSPS) is 15.8. The largest absolute Gasteiger partial charge is 0.336 e.